The molecule has 5 rings (SSSR count). The van der Waals surface area contributed by atoms with E-state index in [1.165, 1.54) is 44.9 Å². The quantitative estimate of drug-likeness (QED) is 0.657. The maximum absolute atomic E-state index is 8.22. The van der Waals surface area contributed by atoms with Gasteiger partial charge in [0.2, 0.25) is 0 Å². The third-order valence-electron chi connectivity index (χ3n) is 9.62. The summed E-state index contributed by atoms with van der Waals surface area (Å²) in [4.78, 5) is 0. The Labute approximate surface area is 152 Å². The van der Waals surface area contributed by atoms with Crippen molar-refractivity contribution in [2.75, 3.05) is 13.2 Å². The summed E-state index contributed by atoms with van der Waals surface area (Å²) in [5.41, 5.74) is 1.71. The number of hydrogen-bond acceptors (Lipinski definition) is 3. The highest BCUT2D eigenvalue weighted by molar-refractivity contribution is 5.81. The van der Waals surface area contributed by atoms with Gasteiger partial charge in [-0.15, -0.1) is 0 Å². The summed E-state index contributed by atoms with van der Waals surface area (Å²) in [5, 5.41) is 8.22. The Morgan fingerprint density at radius 2 is 1.60 bits per heavy atom. The zero-order chi connectivity index (χ0) is 17.3. The molecule has 3 heteroatoms. The van der Waals surface area contributed by atoms with E-state index in [1.807, 2.05) is 0 Å². The van der Waals surface area contributed by atoms with Crippen molar-refractivity contribution < 1.29 is 9.47 Å². The molecule has 0 aromatic heterocycles. The first-order valence-electron chi connectivity index (χ1n) is 10.8. The van der Waals surface area contributed by atoms with Crippen LogP contribution in [0.2, 0.25) is 0 Å². The van der Waals surface area contributed by atoms with E-state index >= 15 is 0 Å². The summed E-state index contributed by atoms with van der Waals surface area (Å²) in [7, 11) is 0. The number of hydrogen-bond donors (Lipinski definition) is 1. The fourth-order valence-corrected chi connectivity index (χ4v) is 8.18. The minimum atomic E-state index is -0.258. The predicted octanol–water partition coefficient (Wildman–Crippen LogP) is 5.18. The van der Waals surface area contributed by atoms with Gasteiger partial charge in [0, 0.05) is 17.5 Å². The maximum atomic E-state index is 8.22. The van der Waals surface area contributed by atoms with Gasteiger partial charge in [0.1, 0.15) is 0 Å². The van der Waals surface area contributed by atoms with Gasteiger partial charge >= 0.3 is 0 Å². The molecule has 25 heavy (non-hydrogen) atoms. The van der Waals surface area contributed by atoms with Crippen LogP contribution in [0, 0.1) is 39.9 Å². The Kier molecular flexibility index (Phi) is 3.71. The molecule has 1 aliphatic heterocycles. The van der Waals surface area contributed by atoms with Crippen LogP contribution in [-0.2, 0) is 9.47 Å². The molecule has 0 aromatic carbocycles. The second-order valence-corrected chi connectivity index (χ2v) is 10.2. The van der Waals surface area contributed by atoms with E-state index in [0.29, 0.717) is 5.41 Å². The van der Waals surface area contributed by atoms with Crippen molar-refractivity contribution in [3.05, 3.63) is 0 Å². The van der Waals surface area contributed by atoms with Crippen LogP contribution in [0.15, 0.2) is 0 Å². The Balaban J connectivity index is 1.46. The Morgan fingerprint density at radius 1 is 0.840 bits per heavy atom. The molecule has 1 saturated heterocycles. The summed E-state index contributed by atoms with van der Waals surface area (Å²) < 4.78 is 12.5. The Morgan fingerprint density at radius 3 is 2.40 bits per heavy atom. The largest absolute Gasteiger partial charge is 0.347 e. The SMILES string of the molecule is C[C@]12CCC3C(CC[C@H]4CCC(=N)CC[C@]34C)[C@@H]1CCC21OCCO1. The average Bonchev–Trinajstić information content (AvgIpc) is 3.15. The molecular formula is C22H35NO2. The van der Waals surface area contributed by atoms with Crippen molar-refractivity contribution in [2.24, 2.45) is 34.5 Å². The van der Waals surface area contributed by atoms with E-state index in [4.69, 9.17) is 14.9 Å². The third-order valence-corrected chi connectivity index (χ3v) is 9.62. The molecule has 1 N–H and O–H groups in total. The third kappa shape index (κ3) is 2.15. The van der Waals surface area contributed by atoms with Crippen LogP contribution in [0.3, 0.4) is 0 Å². The lowest BCUT2D eigenvalue weighted by atomic mass is 9.46. The summed E-state index contributed by atoms with van der Waals surface area (Å²) >= 11 is 0. The van der Waals surface area contributed by atoms with Crippen LogP contribution in [0.1, 0.15) is 78.1 Å². The number of rotatable bonds is 0. The van der Waals surface area contributed by atoms with Crippen LogP contribution >= 0.6 is 0 Å². The average molecular weight is 346 g/mol. The smallest absolute Gasteiger partial charge is 0.174 e. The monoisotopic (exact) mass is 345 g/mol. The van der Waals surface area contributed by atoms with Crippen molar-refractivity contribution in [3.63, 3.8) is 0 Å². The first-order valence-corrected chi connectivity index (χ1v) is 10.8. The summed E-state index contributed by atoms with van der Waals surface area (Å²) in [6.45, 7) is 6.67. The highest BCUT2D eigenvalue weighted by Crippen LogP contribution is 2.69. The standard InChI is InChI=1S/C22H35NO2/c1-20-10-7-16(23)5-3-15(20)4-6-17-18(20)8-11-21(2)19(17)9-12-22(21)24-13-14-25-22/h15,17-19,23H,3-14H2,1-2H3/t15-,17?,18?,19+,20+,21+/m1/s1. The van der Waals surface area contributed by atoms with E-state index in [2.05, 4.69) is 13.8 Å². The van der Waals surface area contributed by atoms with E-state index in [9.17, 15) is 0 Å². The van der Waals surface area contributed by atoms with Crippen molar-refractivity contribution in [1.29, 1.82) is 5.41 Å². The van der Waals surface area contributed by atoms with E-state index in [1.54, 1.807) is 0 Å². The maximum Gasteiger partial charge on any atom is 0.174 e. The molecule has 0 amide bonds. The van der Waals surface area contributed by atoms with Crippen LogP contribution in [-0.4, -0.2) is 24.7 Å². The van der Waals surface area contributed by atoms with Gasteiger partial charge < -0.3 is 14.9 Å². The lowest BCUT2D eigenvalue weighted by molar-refractivity contribution is -0.246. The van der Waals surface area contributed by atoms with Gasteiger partial charge in [-0.1, -0.05) is 13.8 Å². The highest BCUT2D eigenvalue weighted by Gasteiger charge is 2.66. The number of ether oxygens (including phenoxy) is 2. The number of fused-ring (bicyclic) bond motifs is 6. The van der Waals surface area contributed by atoms with Crippen LogP contribution in [0.5, 0.6) is 0 Å². The Hall–Kier alpha value is -0.410. The highest BCUT2D eigenvalue weighted by atomic mass is 16.7. The Bertz CT molecular complexity index is 568. The molecule has 0 aromatic rings. The van der Waals surface area contributed by atoms with E-state index in [-0.39, 0.29) is 11.2 Å². The molecule has 1 spiro atoms. The molecule has 0 radical (unpaired) electrons. The summed E-state index contributed by atoms with van der Waals surface area (Å²) in [6, 6.07) is 0. The lowest BCUT2D eigenvalue weighted by Crippen LogP contribution is -2.55. The predicted molar refractivity (Wildman–Crippen MR) is 98.7 cm³/mol. The van der Waals surface area contributed by atoms with E-state index < -0.39 is 0 Å². The molecule has 5 aliphatic rings. The van der Waals surface area contributed by atoms with Crippen LogP contribution < -0.4 is 0 Å². The number of nitrogens with one attached hydrogen (secondary N) is 1. The molecule has 140 valence electrons. The molecule has 4 aliphatic carbocycles. The fourth-order valence-electron chi connectivity index (χ4n) is 8.18. The van der Waals surface area contributed by atoms with Gasteiger partial charge in [-0.2, -0.15) is 0 Å². The molecule has 5 fully saturated rings. The minimum absolute atomic E-state index is 0.227. The van der Waals surface area contributed by atoms with Gasteiger partial charge in [-0.25, -0.2) is 0 Å². The van der Waals surface area contributed by atoms with Crippen molar-refractivity contribution in [2.45, 2.75) is 83.8 Å². The van der Waals surface area contributed by atoms with Gasteiger partial charge in [0.25, 0.3) is 0 Å². The fraction of sp³-hybridized carbons (Fsp3) is 0.955. The normalized spacial score (nSPS) is 51.7. The lowest BCUT2D eigenvalue weighted by Gasteiger charge is -2.59. The molecule has 4 saturated carbocycles. The molecular weight excluding hydrogens is 310 g/mol. The molecule has 6 atom stereocenters. The minimum Gasteiger partial charge on any atom is -0.347 e. The summed E-state index contributed by atoms with van der Waals surface area (Å²) in [5.74, 6) is 3.11. The van der Waals surface area contributed by atoms with Crippen molar-refractivity contribution in [3.8, 4) is 0 Å². The zero-order valence-electron chi connectivity index (χ0n) is 16.1. The molecule has 1 heterocycles. The second-order valence-electron chi connectivity index (χ2n) is 10.2. The van der Waals surface area contributed by atoms with Gasteiger partial charge in [0.05, 0.1) is 13.2 Å². The summed E-state index contributed by atoms with van der Waals surface area (Å²) in [6.07, 6.45) is 12.5. The van der Waals surface area contributed by atoms with Gasteiger partial charge in [-0.3, -0.25) is 0 Å². The molecule has 3 nitrogen and oxygen atoms in total. The van der Waals surface area contributed by atoms with Crippen molar-refractivity contribution in [1.82, 2.24) is 0 Å². The zero-order valence-corrected chi connectivity index (χ0v) is 16.1. The second kappa shape index (κ2) is 5.55. The molecule has 2 unspecified atom stereocenters. The van der Waals surface area contributed by atoms with Crippen LogP contribution in [0.25, 0.3) is 0 Å². The first kappa shape index (κ1) is 16.7. The van der Waals surface area contributed by atoms with Gasteiger partial charge in [0.15, 0.2) is 5.79 Å². The van der Waals surface area contributed by atoms with Crippen molar-refractivity contribution >= 4 is 5.71 Å². The topological polar surface area (TPSA) is 42.3 Å². The molecule has 0 bridgehead atoms. The van der Waals surface area contributed by atoms with Gasteiger partial charge in [-0.05, 0) is 86.9 Å². The van der Waals surface area contributed by atoms with Crippen LogP contribution in [0.4, 0.5) is 0 Å². The van der Waals surface area contributed by atoms with E-state index in [0.717, 1.165) is 61.9 Å². The first-order chi connectivity index (χ1) is 12.0.